The molecule has 1 amide bonds. The molecule has 3 N–H and O–H groups in total. The van der Waals surface area contributed by atoms with Gasteiger partial charge in [-0.1, -0.05) is 6.92 Å². The summed E-state index contributed by atoms with van der Waals surface area (Å²) in [4.78, 5) is 11.3. The zero-order valence-electron chi connectivity index (χ0n) is 8.51. The van der Waals surface area contributed by atoms with Crippen molar-refractivity contribution in [1.29, 1.82) is 0 Å². The van der Waals surface area contributed by atoms with E-state index < -0.39 is 0 Å². The molecule has 1 atom stereocenters. The fourth-order valence-corrected chi connectivity index (χ4v) is 1.75. The average Bonchev–Trinajstić information content (AvgIpc) is 2.14. The highest BCUT2D eigenvalue weighted by Gasteiger charge is 2.08. The topological polar surface area (TPSA) is 55.1 Å². The fourth-order valence-electron chi connectivity index (χ4n) is 1.03. The van der Waals surface area contributed by atoms with E-state index in [-0.39, 0.29) is 5.91 Å². The standard InChI is InChI=1S/C9H20N2OS/c1-3-8(7-13-2)11-9(12)5-4-6-10/h8H,3-7,10H2,1-2H3,(H,11,12). The van der Waals surface area contributed by atoms with Crippen LogP contribution < -0.4 is 11.1 Å². The molecular weight excluding hydrogens is 184 g/mol. The molecule has 0 fully saturated rings. The minimum atomic E-state index is 0.131. The summed E-state index contributed by atoms with van der Waals surface area (Å²) in [6.07, 6.45) is 4.38. The van der Waals surface area contributed by atoms with E-state index in [1.165, 1.54) is 0 Å². The first-order valence-corrected chi connectivity index (χ1v) is 6.12. The van der Waals surface area contributed by atoms with Crippen molar-refractivity contribution in [2.75, 3.05) is 18.6 Å². The number of carbonyl (C=O) groups excluding carboxylic acids is 1. The predicted octanol–water partition coefficient (Wildman–Crippen LogP) is 0.983. The third-order valence-corrected chi connectivity index (χ3v) is 2.57. The van der Waals surface area contributed by atoms with Crippen LogP contribution in [0.15, 0.2) is 0 Å². The third kappa shape index (κ3) is 6.90. The third-order valence-electron chi connectivity index (χ3n) is 1.83. The Labute approximate surface area is 84.8 Å². The second-order valence-electron chi connectivity index (χ2n) is 3.02. The first kappa shape index (κ1) is 12.8. The Balaban J connectivity index is 3.60. The summed E-state index contributed by atoms with van der Waals surface area (Å²) in [6, 6.07) is 0.320. The van der Waals surface area contributed by atoms with Gasteiger partial charge in [0.2, 0.25) is 5.91 Å². The normalized spacial score (nSPS) is 12.5. The molecular formula is C9H20N2OS. The van der Waals surface area contributed by atoms with Gasteiger partial charge in [-0.05, 0) is 25.6 Å². The Morgan fingerprint density at radius 2 is 2.31 bits per heavy atom. The molecule has 78 valence electrons. The van der Waals surface area contributed by atoms with E-state index in [4.69, 9.17) is 5.73 Å². The number of hydrogen-bond acceptors (Lipinski definition) is 3. The number of nitrogens with one attached hydrogen (secondary N) is 1. The van der Waals surface area contributed by atoms with Crippen molar-refractivity contribution < 1.29 is 4.79 Å². The van der Waals surface area contributed by atoms with Crippen LogP contribution in [0.2, 0.25) is 0 Å². The number of rotatable bonds is 7. The van der Waals surface area contributed by atoms with Crippen LogP contribution in [0.3, 0.4) is 0 Å². The lowest BCUT2D eigenvalue weighted by atomic mass is 10.2. The summed E-state index contributed by atoms with van der Waals surface area (Å²) in [5.41, 5.74) is 5.31. The second-order valence-corrected chi connectivity index (χ2v) is 3.93. The zero-order chi connectivity index (χ0) is 10.1. The largest absolute Gasteiger partial charge is 0.353 e. The van der Waals surface area contributed by atoms with E-state index in [2.05, 4.69) is 18.5 Å². The van der Waals surface area contributed by atoms with Crippen LogP contribution in [0.4, 0.5) is 0 Å². The smallest absolute Gasteiger partial charge is 0.220 e. The molecule has 1 unspecified atom stereocenters. The predicted molar refractivity (Wildman–Crippen MR) is 58.9 cm³/mol. The van der Waals surface area contributed by atoms with Crippen molar-refractivity contribution in [1.82, 2.24) is 5.32 Å². The Morgan fingerprint density at radius 3 is 2.77 bits per heavy atom. The van der Waals surface area contributed by atoms with Crippen LogP contribution in [-0.4, -0.2) is 30.5 Å². The molecule has 0 aliphatic rings. The van der Waals surface area contributed by atoms with Gasteiger partial charge in [0.15, 0.2) is 0 Å². The lowest BCUT2D eigenvalue weighted by Gasteiger charge is -2.15. The fraction of sp³-hybridized carbons (Fsp3) is 0.889. The Kier molecular flexibility index (Phi) is 8.24. The summed E-state index contributed by atoms with van der Waals surface area (Å²) in [6.45, 7) is 2.68. The molecule has 0 aliphatic heterocycles. The average molecular weight is 204 g/mol. The van der Waals surface area contributed by atoms with Gasteiger partial charge in [-0.3, -0.25) is 4.79 Å². The first-order valence-electron chi connectivity index (χ1n) is 4.73. The molecule has 0 radical (unpaired) electrons. The first-order chi connectivity index (χ1) is 6.24. The summed E-state index contributed by atoms with van der Waals surface area (Å²) in [5.74, 6) is 1.12. The quantitative estimate of drug-likeness (QED) is 0.650. The van der Waals surface area contributed by atoms with Gasteiger partial charge in [-0.2, -0.15) is 11.8 Å². The lowest BCUT2D eigenvalue weighted by molar-refractivity contribution is -0.121. The summed E-state index contributed by atoms with van der Waals surface area (Å²) >= 11 is 1.76. The van der Waals surface area contributed by atoms with Crippen molar-refractivity contribution >= 4 is 17.7 Å². The molecule has 3 nitrogen and oxygen atoms in total. The number of thioether (sulfide) groups is 1. The van der Waals surface area contributed by atoms with E-state index in [1.54, 1.807) is 11.8 Å². The Bertz CT molecular complexity index is 142. The van der Waals surface area contributed by atoms with Gasteiger partial charge in [0.05, 0.1) is 0 Å². The van der Waals surface area contributed by atoms with Gasteiger partial charge in [-0.25, -0.2) is 0 Å². The summed E-state index contributed by atoms with van der Waals surface area (Å²) in [5, 5.41) is 2.99. The van der Waals surface area contributed by atoms with Crippen molar-refractivity contribution in [2.24, 2.45) is 5.73 Å². The van der Waals surface area contributed by atoms with Crippen molar-refractivity contribution in [2.45, 2.75) is 32.2 Å². The number of hydrogen-bond donors (Lipinski definition) is 2. The van der Waals surface area contributed by atoms with E-state index in [0.717, 1.165) is 18.6 Å². The van der Waals surface area contributed by atoms with E-state index in [1.807, 2.05) is 0 Å². The molecule has 4 heteroatoms. The van der Waals surface area contributed by atoms with Crippen LogP contribution in [0.1, 0.15) is 26.2 Å². The van der Waals surface area contributed by atoms with Gasteiger partial charge in [0, 0.05) is 18.2 Å². The molecule has 0 aromatic carbocycles. The van der Waals surface area contributed by atoms with Gasteiger partial charge < -0.3 is 11.1 Å². The highest BCUT2D eigenvalue weighted by atomic mass is 32.2. The van der Waals surface area contributed by atoms with Crippen molar-refractivity contribution in [3.63, 3.8) is 0 Å². The molecule has 0 spiro atoms. The van der Waals surface area contributed by atoms with Crippen LogP contribution in [0, 0.1) is 0 Å². The van der Waals surface area contributed by atoms with Gasteiger partial charge >= 0.3 is 0 Å². The van der Waals surface area contributed by atoms with Crippen LogP contribution in [-0.2, 0) is 4.79 Å². The molecule has 0 bridgehead atoms. The van der Waals surface area contributed by atoms with Gasteiger partial charge in [-0.15, -0.1) is 0 Å². The Morgan fingerprint density at radius 1 is 1.62 bits per heavy atom. The molecule has 0 aromatic rings. The van der Waals surface area contributed by atoms with Crippen LogP contribution >= 0.6 is 11.8 Å². The molecule has 0 saturated heterocycles. The van der Waals surface area contributed by atoms with Crippen molar-refractivity contribution in [3.05, 3.63) is 0 Å². The van der Waals surface area contributed by atoms with Crippen LogP contribution in [0.25, 0.3) is 0 Å². The monoisotopic (exact) mass is 204 g/mol. The molecule has 0 saturated carbocycles. The molecule has 0 aliphatic carbocycles. The second kappa shape index (κ2) is 8.38. The summed E-state index contributed by atoms with van der Waals surface area (Å²) < 4.78 is 0. The van der Waals surface area contributed by atoms with Gasteiger partial charge in [0.25, 0.3) is 0 Å². The van der Waals surface area contributed by atoms with Crippen molar-refractivity contribution in [3.8, 4) is 0 Å². The Hall–Kier alpha value is -0.220. The van der Waals surface area contributed by atoms with E-state index >= 15 is 0 Å². The minimum absolute atomic E-state index is 0.131. The number of amides is 1. The highest BCUT2D eigenvalue weighted by Crippen LogP contribution is 2.01. The molecule has 0 heterocycles. The maximum Gasteiger partial charge on any atom is 0.220 e. The maximum absolute atomic E-state index is 11.3. The van der Waals surface area contributed by atoms with E-state index in [9.17, 15) is 4.79 Å². The number of nitrogens with two attached hydrogens (primary N) is 1. The summed E-state index contributed by atoms with van der Waals surface area (Å²) in [7, 11) is 0. The molecule has 0 aromatic heterocycles. The van der Waals surface area contributed by atoms with E-state index in [0.29, 0.717) is 19.0 Å². The lowest BCUT2D eigenvalue weighted by Crippen LogP contribution is -2.36. The SMILES string of the molecule is CCC(CSC)NC(=O)CCCN. The molecule has 13 heavy (non-hydrogen) atoms. The minimum Gasteiger partial charge on any atom is -0.353 e. The number of carbonyl (C=O) groups is 1. The van der Waals surface area contributed by atoms with Gasteiger partial charge in [0.1, 0.15) is 0 Å². The zero-order valence-corrected chi connectivity index (χ0v) is 9.32. The highest BCUT2D eigenvalue weighted by molar-refractivity contribution is 7.98. The molecule has 0 rings (SSSR count). The maximum atomic E-state index is 11.3. The van der Waals surface area contributed by atoms with Crippen LogP contribution in [0.5, 0.6) is 0 Å².